The third kappa shape index (κ3) is 3.28. The smallest absolute Gasteiger partial charge is 0.247 e. The summed E-state index contributed by atoms with van der Waals surface area (Å²) in [5.41, 5.74) is 3.92. The van der Waals surface area contributed by atoms with Crippen molar-refractivity contribution in [1.82, 2.24) is 10.2 Å². The van der Waals surface area contributed by atoms with Crippen molar-refractivity contribution < 1.29 is 8.81 Å². The van der Waals surface area contributed by atoms with Crippen LogP contribution in [0.25, 0.3) is 11.5 Å². The molecule has 0 saturated heterocycles. The lowest BCUT2D eigenvalue weighted by Gasteiger charge is -2.28. The van der Waals surface area contributed by atoms with E-state index in [1.54, 1.807) is 6.07 Å². The summed E-state index contributed by atoms with van der Waals surface area (Å²) >= 11 is 6.45. The van der Waals surface area contributed by atoms with Gasteiger partial charge in [-0.25, -0.2) is 4.39 Å². The van der Waals surface area contributed by atoms with Gasteiger partial charge in [0.05, 0.1) is 0 Å². The van der Waals surface area contributed by atoms with Crippen LogP contribution in [0.15, 0.2) is 77.2 Å². The number of hydrogen-bond acceptors (Lipinski definition) is 4. The fraction of sp³-hybridized carbons (Fsp3) is 0.130. The van der Waals surface area contributed by atoms with Gasteiger partial charge in [0, 0.05) is 28.4 Å². The first-order valence-corrected chi connectivity index (χ1v) is 9.77. The molecule has 0 fully saturated rings. The lowest BCUT2D eigenvalue weighted by atomic mass is 10.0. The molecule has 4 nitrogen and oxygen atoms in total. The van der Waals surface area contributed by atoms with Gasteiger partial charge < -0.3 is 9.32 Å². The molecule has 0 bridgehead atoms. The fourth-order valence-electron chi connectivity index (χ4n) is 3.83. The predicted molar refractivity (Wildman–Crippen MR) is 110 cm³/mol. The Kier molecular flexibility index (Phi) is 4.52. The molecule has 0 amide bonds. The van der Waals surface area contributed by atoms with Gasteiger partial charge in [0.2, 0.25) is 11.8 Å². The highest BCUT2D eigenvalue weighted by atomic mass is 35.5. The van der Waals surface area contributed by atoms with E-state index >= 15 is 0 Å². The molecule has 0 aliphatic carbocycles. The average Bonchev–Trinajstić information content (AvgIpc) is 3.39. The van der Waals surface area contributed by atoms with Crippen molar-refractivity contribution in [2.45, 2.75) is 12.5 Å². The maximum Gasteiger partial charge on any atom is 0.247 e. The number of hydrogen-bond donors (Lipinski definition) is 0. The Labute approximate surface area is 172 Å². The lowest BCUT2D eigenvalue weighted by molar-refractivity contribution is 0.471. The minimum Gasteiger partial charge on any atom is -0.418 e. The molecule has 1 unspecified atom stereocenters. The van der Waals surface area contributed by atoms with Crippen LogP contribution in [0.4, 0.5) is 10.1 Å². The van der Waals surface area contributed by atoms with Crippen molar-refractivity contribution in [3.05, 3.63) is 101 Å². The quantitative estimate of drug-likeness (QED) is 0.438. The van der Waals surface area contributed by atoms with Crippen molar-refractivity contribution in [3.8, 4) is 11.5 Å². The molecule has 1 aromatic heterocycles. The van der Waals surface area contributed by atoms with Gasteiger partial charge in [-0.2, -0.15) is 0 Å². The molecule has 144 valence electrons. The van der Waals surface area contributed by atoms with Crippen LogP contribution < -0.4 is 4.90 Å². The molecule has 0 spiro atoms. The lowest BCUT2D eigenvalue weighted by Crippen LogP contribution is -2.28. The number of anilines is 1. The first-order chi connectivity index (χ1) is 14.2. The second kappa shape index (κ2) is 7.33. The van der Waals surface area contributed by atoms with E-state index in [1.165, 1.54) is 17.7 Å². The fourth-order valence-corrected chi connectivity index (χ4v) is 4.10. The summed E-state index contributed by atoms with van der Waals surface area (Å²) in [6.45, 7) is 0.779. The summed E-state index contributed by atoms with van der Waals surface area (Å²) in [4.78, 5) is 2.19. The van der Waals surface area contributed by atoms with Crippen LogP contribution >= 0.6 is 11.6 Å². The van der Waals surface area contributed by atoms with Gasteiger partial charge in [0.15, 0.2) is 0 Å². The molecule has 0 N–H and O–H groups in total. The Balaban J connectivity index is 1.63. The number of para-hydroxylation sites is 1. The SMILES string of the molecule is Fc1ccc(C(c2nnc(-c3ccccc3)o2)N2CCc3ccccc32)c(Cl)c1. The zero-order valence-electron chi connectivity index (χ0n) is 15.4. The molecule has 0 saturated carbocycles. The highest BCUT2D eigenvalue weighted by Crippen LogP contribution is 2.41. The molecule has 0 radical (unpaired) electrons. The Morgan fingerprint density at radius 2 is 1.76 bits per heavy atom. The van der Waals surface area contributed by atoms with E-state index < -0.39 is 6.04 Å². The Morgan fingerprint density at radius 1 is 0.966 bits per heavy atom. The molecule has 3 aromatic carbocycles. The molecular weight excluding hydrogens is 389 g/mol. The predicted octanol–water partition coefficient (Wildman–Crippen LogP) is 5.68. The van der Waals surface area contributed by atoms with Crippen LogP contribution in [0.2, 0.25) is 5.02 Å². The second-order valence-corrected chi connectivity index (χ2v) is 7.36. The summed E-state index contributed by atoms with van der Waals surface area (Å²) in [5.74, 6) is 0.486. The van der Waals surface area contributed by atoms with E-state index in [9.17, 15) is 4.39 Å². The number of benzene rings is 3. The monoisotopic (exact) mass is 405 g/mol. The molecule has 1 aliphatic rings. The molecule has 2 heterocycles. The first kappa shape index (κ1) is 17.9. The highest BCUT2D eigenvalue weighted by molar-refractivity contribution is 6.31. The molecule has 1 atom stereocenters. The largest absolute Gasteiger partial charge is 0.418 e. The van der Waals surface area contributed by atoms with E-state index in [-0.39, 0.29) is 5.82 Å². The van der Waals surface area contributed by atoms with Crippen molar-refractivity contribution in [2.24, 2.45) is 0 Å². The summed E-state index contributed by atoms with van der Waals surface area (Å²) in [5, 5.41) is 8.92. The number of fused-ring (bicyclic) bond motifs is 1. The highest BCUT2D eigenvalue weighted by Gasteiger charge is 2.33. The first-order valence-electron chi connectivity index (χ1n) is 9.39. The van der Waals surface area contributed by atoms with Crippen molar-refractivity contribution in [3.63, 3.8) is 0 Å². The average molecular weight is 406 g/mol. The van der Waals surface area contributed by atoms with E-state index in [0.29, 0.717) is 16.8 Å². The second-order valence-electron chi connectivity index (χ2n) is 6.95. The summed E-state index contributed by atoms with van der Waals surface area (Å²) < 4.78 is 19.8. The maximum atomic E-state index is 13.7. The number of aromatic nitrogens is 2. The van der Waals surface area contributed by atoms with Crippen LogP contribution in [-0.4, -0.2) is 16.7 Å². The minimum absolute atomic E-state index is 0.332. The van der Waals surface area contributed by atoms with Gasteiger partial charge in [-0.1, -0.05) is 54.1 Å². The van der Waals surface area contributed by atoms with Crippen molar-refractivity contribution >= 4 is 17.3 Å². The third-order valence-electron chi connectivity index (χ3n) is 5.19. The van der Waals surface area contributed by atoms with Crippen molar-refractivity contribution in [1.29, 1.82) is 0 Å². The van der Waals surface area contributed by atoms with E-state index in [1.807, 2.05) is 42.5 Å². The Hall–Kier alpha value is -3.18. The molecule has 1 aliphatic heterocycles. The Bertz CT molecular complexity index is 1160. The molecule has 4 aromatic rings. The minimum atomic E-state index is -0.406. The van der Waals surface area contributed by atoms with Crippen LogP contribution in [-0.2, 0) is 6.42 Å². The third-order valence-corrected chi connectivity index (χ3v) is 5.51. The van der Waals surface area contributed by atoms with Crippen molar-refractivity contribution in [2.75, 3.05) is 11.4 Å². The zero-order valence-corrected chi connectivity index (χ0v) is 16.2. The van der Waals surface area contributed by atoms with Gasteiger partial charge in [-0.15, -0.1) is 10.2 Å². The summed E-state index contributed by atoms with van der Waals surface area (Å²) in [6.07, 6.45) is 0.908. The Morgan fingerprint density at radius 3 is 2.59 bits per heavy atom. The number of nitrogens with zero attached hydrogens (tertiary/aromatic N) is 3. The van der Waals surface area contributed by atoms with Gasteiger partial charge in [0.1, 0.15) is 11.9 Å². The van der Waals surface area contributed by atoms with E-state index in [4.69, 9.17) is 16.0 Å². The van der Waals surface area contributed by atoms with Crippen LogP contribution in [0.1, 0.15) is 23.1 Å². The standard InChI is InChI=1S/C23H17ClFN3O/c24-19-14-17(25)10-11-18(19)21(28-13-12-15-6-4-5-9-20(15)28)23-27-26-22(29-23)16-7-2-1-3-8-16/h1-11,14,21H,12-13H2. The number of halogens is 2. The summed E-state index contributed by atoms with van der Waals surface area (Å²) in [6, 6.07) is 21.8. The van der Waals surface area contributed by atoms with E-state index in [0.717, 1.165) is 29.8 Å². The van der Waals surface area contributed by atoms with Gasteiger partial charge in [-0.3, -0.25) is 0 Å². The maximum absolute atomic E-state index is 13.7. The molecular formula is C23H17ClFN3O. The summed E-state index contributed by atoms with van der Waals surface area (Å²) in [7, 11) is 0. The molecule has 29 heavy (non-hydrogen) atoms. The normalized spacial score (nSPS) is 14.1. The molecule has 5 rings (SSSR count). The van der Waals surface area contributed by atoms with Gasteiger partial charge >= 0.3 is 0 Å². The van der Waals surface area contributed by atoms with Gasteiger partial charge in [-0.05, 0) is 42.3 Å². The topological polar surface area (TPSA) is 42.2 Å². The zero-order chi connectivity index (χ0) is 19.8. The van der Waals surface area contributed by atoms with E-state index in [2.05, 4.69) is 27.2 Å². The van der Waals surface area contributed by atoms with Crippen LogP contribution in [0.5, 0.6) is 0 Å². The number of rotatable bonds is 4. The van der Waals surface area contributed by atoms with Crippen LogP contribution in [0.3, 0.4) is 0 Å². The molecule has 6 heteroatoms. The van der Waals surface area contributed by atoms with Gasteiger partial charge in [0.25, 0.3) is 0 Å². The van der Waals surface area contributed by atoms with Crippen LogP contribution in [0, 0.1) is 5.82 Å².